The second-order valence-electron chi connectivity index (χ2n) is 2.61. The smallest absolute Gasteiger partial charge is 0.387 e. The van der Waals surface area contributed by atoms with E-state index in [0.29, 0.717) is 5.13 Å². The number of hydrogen-bond acceptors (Lipinski definition) is 3. The van der Waals surface area contributed by atoms with Gasteiger partial charge in [-0.25, -0.2) is 0 Å². The molecule has 0 saturated heterocycles. The van der Waals surface area contributed by atoms with Crippen molar-refractivity contribution in [1.29, 1.82) is 0 Å². The number of ether oxygens (including phenoxy) is 1. The molecule has 80 valence electrons. The van der Waals surface area contributed by atoms with Gasteiger partial charge < -0.3 is 4.74 Å². The molecule has 15 heavy (non-hydrogen) atoms. The summed E-state index contributed by atoms with van der Waals surface area (Å²) in [5.41, 5.74) is 0. The molecule has 0 aromatic carbocycles. The molecule has 2 aromatic heterocycles. The molecule has 0 saturated carbocycles. The van der Waals surface area contributed by atoms with Gasteiger partial charge in [-0.05, 0) is 12.1 Å². The Morgan fingerprint density at radius 2 is 1.93 bits per heavy atom. The molecule has 7 heteroatoms. The standard InChI is InChI=1S/C8H5F3N2OS/c9-8(10,11)14-6-5-15-7(12-6)13-3-1-2-4-13/h1-5H. The number of aromatic nitrogens is 2. The highest BCUT2D eigenvalue weighted by atomic mass is 32.1. The van der Waals surface area contributed by atoms with Crippen LogP contribution in [0.25, 0.3) is 5.13 Å². The van der Waals surface area contributed by atoms with Gasteiger partial charge in [0.1, 0.15) is 0 Å². The van der Waals surface area contributed by atoms with E-state index in [0.717, 1.165) is 11.3 Å². The third kappa shape index (κ3) is 2.50. The summed E-state index contributed by atoms with van der Waals surface area (Å²) in [7, 11) is 0. The zero-order chi connectivity index (χ0) is 10.9. The number of rotatable bonds is 2. The van der Waals surface area contributed by atoms with Crippen LogP contribution in [0.2, 0.25) is 0 Å². The van der Waals surface area contributed by atoms with Crippen LogP contribution in [-0.4, -0.2) is 15.9 Å². The molecule has 0 spiro atoms. The average molecular weight is 234 g/mol. The molecule has 3 nitrogen and oxygen atoms in total. The van der Waals surface area contributed by atoms with Gasteiger partial charge in [0.15, 0.2) is 5.13 Å². The monoisotopic (exact) mass is 234 g/mol. The largest absolute Gasteiger partial charge is 0.574 e. The van der Waals surface area contributed by atoms with E-state index in [9.17, 15) is 13.2 Å². The van der Waals surface area contributed by atoms with Crippen LogP contribution < -0.4 is 4.74 Å². The summed E-state index contributed by atoms with van der Waals surface area (Å²) in [6.45, 7) is 0. The van der Waals surface area contributed by atoms with Crippen LogP contribution >= 0.6 is 11.3 Å². The van der Waals surface area contributed by atoms with Crippen molar-refractivity contribution in [3.05, 3.63) is 29.9 Å². The summed E-state index contributed by atoms with van der Waals surface area (Å²) in [6, 6.07) is 3.51. The Morgan fingerprint density at radius 1 is 1.27 bits per heavy atom. The summed E-state index contributed by atoms with van der Waals surface area (Å²) >= 11 is 1.07. The first-order chi connectivity index (χ1) is 7.04. The first-order valence-electron chi connectivity index (χ1n) is 3.89. The number of halogens is 3. The van der Waals surface area contributed by atoms with Crippen molar-refractivity contribution in [3.63, 3.8) is 0 Å². The van der Waals surface area contributed by atoms with Gasteiger partial charge in [-0.2, -0.15) is 4.98 Å². The highest BCUT2D eigenvalue weighted by Crippen LogP contribution is 2.25. The van der Waals surface area contributed by atoms with Gasteiger partial charge >= 0.3 is 6.36 Å². The SMILES string of the molecule is FC(F)(F)Oc1csc(-n2cccc2)n1. The fourth-order valence-electron chi connectivity index (χ4n) is 0.996. The lowest BCUT2D eigenvalue weighted by atomic mass is 10.7. The van der Waals surface area contributed by atoms with Crippen molar-refractivity contribution in [1.82, 2.24) is 9.55 Å². The third-order valence-electron chi connectivity index (χ3n) is 1.52. The highest BCUT2D eigenvalue weighted by molar-refractivity contribution is 7.12. The first-order valence-corrected chi connectivity index (χ1v) is 4.77. The maximum Gasteiger partial charge on any atom is 0.574 e. The Kier molecular flexibility index (Phi) is 2.39. The molecule has 0 amide bonds. The quantitative estimate of drug-likeness (QED) is 0.798. The van der Waals surface area contributed by atoms with Crippen molar-refractivity contribution in [3.8, 4) is 11.0 Å². The van der Waals surface area contributed by atoms with Crippen LogP contribution in [0, 0.1) is 0 Å². The van der Waals surface area contributed by atoms with Crippen molar-refractivity contribution in [2.24, 2.45) is 0 Å². The van der Waals surface area contributed by atoms with Crippen molar-refractivity contribution in [2.45, 2.75) is 6.36 Å². The van der Waals surface area contributed by atoms with Crippen LogP contribution in [-0.2, 0) is 0 Å². The lowest BCUT2D eigenvalue weighted by molar-refractivity contribution is -0.275. The molecule has 0 bridgehead atoms. The third-order valence-corrected chi connectivity index (χ3v) is 2.35. The fraction of sp³-hybridized carbons (Fsp3) is 0.125. The highest BCUT2D eigenvalue weighted by Gasteiger charge is 2.32. The molecule has 2 aromatic rings. The Bertz CT molecular complexity index is 435. The number of alkyl halides is 3. The Labute approximate surface area is 86.7 Å². The molecule has 0 unspecified atom stereocenters. The minimum absolute atomic E-state index is 0.430. The molecule has 0 aliphatic carbocycles. The van der Waals surface area contributed by atoms with Gasteiger partial charge in [0.25, 0.3) is 0 Å². The Balaban J connectivity index is 2.18. The number of thiazole rings is 1. The van der Waals surface area contributed by atoms with Crippen molar-refractivity contribution >= 4 is 11.3 Å². The predicted molar refractivity (Wildman–Crippen MR) is 48.1 cm³/mol. The van der Waals surface area contributed by atoms with Gasteiger partial charge in [0.2, 0.25) is 5.88 Å². The van der Waals surface area contributed by atoms with Crippen LogP contribution in [0.15, 0.2) is 29.9 Å². The van der Waals surface area contributed by atoms with E-state index in [4.69, 9.17) is 0 Å². The van der Waals surface area contributed by atoms with E-state index < -0.39 is 12.2 Å². The molecule has 2 heterocycles. The second kappa shape index (κ2) is 3.58. The Hall–Kier alpha value is -1.50. The molecule has 0 aliphatic heterocycles. The molecule has 0 aliphatic rings. The minimum atomic E-state index is -4.69. The maximum atomic E-state index is 11.8. The van der Waals surface area contributed by atoms with Gasteiger partial charge in [-0.1, -0.05) is 0 Å². The summed E-state index contributed by atoms with van der Waals surface area (Å²) < 4.78 is 40.8. The van der Waals surface area contributed by atoms with Crippen molar-refractivity contribution < 1.29 is 17.9 Å². The molecule has 2 rings (SSSR count). The Morgan fingerprint density at radius 3 is 2.53 bits per heavy atom. The topological polar surface area (TPSA) is 27.1 Å². The lowest BCUT2D eigenvalue weighted by Gasteiger charge is -2.04. The summed E-state index contributed by atoms with van der Waals surface area (Å²) in [5, 5.41) is 1.64. The molecule has 0 atom stereocenters. The lowest BCUT2D eigenvalue weighted by Crippen LogP contribution is -2.17. The van der Waals surface area contributed by atoms with E-state index in [1.165, 1.54) is 5.38 Å². The zero-order valence-electron chi connectivity index (χ0n) is 7.23. The second-order valence-corrected chi connectivity index (χ2v) is 3.44. The van der Waals surface area contributed by atoms with Crippen molar-refractivity contribution in [2.75, 3.05) is 0 Å². The summed E-state index contributed by atoms with van der Waals surface area (Å²) in [4.78, 5) is 3.68. The van der Waals surface area contributed by atoms with E-state index in [-0.39, 0.29) is 0 Å². The first kappa shape index (κ1) is 10.0. The minimum Gasteiger partial charge on any atom is -0.387 e. The van der Waals surface area contributed by atoms with E-state index in [1.807, 2.05) is 0 Å². The maximum absolute atomic E-state index is 11.8. The van der Waals surface area contributed by atoms with Gasteiger partial charge in [0, 0.05) is 12.4 Å². The van der Waals surface area contributed by atoms with E-state index >= 15 is 0 Å². The number of nitrogens with zero attached hydrogens (tertiary/aromatic N) is 2. The molecular weight excluding hydrogens is 229 g/mol. The van der Waals surface area contributed by atoms with Crippen LogP contribution in [0.4, 0.5) is 13.2 Å². The van der Waals surface area contributed by atoms with Crippen LogP contribution in [0.3, 0.4) is 0 Å². The molecule has 0 N–H and O–H groups in total. The van der Waals surface area contributed by atoms with E-state index in [2.05, 4.69) is 9.72 Å². The van der Waals surface area contributed by atoms with Gasteiger partial charge in [0.05, 0.1) is 5.38 Å². The molecule has 0 fully saturated rings. The normalized spacial score (nSPS) is 11.7. The van der Waals surface area contributed by atoms with Crippen LogP contribution in [0.1, 0.15) is 0 Å². The fourth-order valence-corrected chi connectivity index (χ4v) is 1.69. The average Bonchev–Trinajstić information content (AvgIpc) is 2.68. The predicted octanol–water partition coefficient (Wildman–Crippen LogP) is 2.83. The molecule has 0 radical (unpaired) electrons. The van der Waals surface area contributed by atoms with E-state index in [1.54, 1.807) is 29.1 Å². The molecular formula is C8H5F3N2OS. The van der Waals surface area contributed by atoms with Gasteiger partial charge in [-0.15, -0.1) is 24.5 Å². The number of hydrogen-bond donors (Lipinski definition) is 0. The zero-order valence-corrected chi connectivity index (χ0v) is 8.05. The van der Waals surface area contributed by atoms with Gasteiger partial charge in [-0.3, -0.25) is 4.57 Å². The summed E-state index contributed by atoms with van der Waals surface area (Å²) in [5.74, 6) is -0.434. The van der Waals surface area contributed by atoms with Crippen LogP contribution in [0.5, 0.6) is 5.88 Å². The summed E-state index contributed by atoms with van der Waals surface area (Å²) in [6.07, 6.45) is -1.31.